The predicted molar refractivity (Wildman–Crippen MR) is 106 cm³/mol. The van der Waals surface area contributed by atoms with Gasteiger partial charge in [0.1, 0.15) is 16.2 Å². The molecule has 136 valence electrons. The molecule has 1 aliphatic carbocycles. The fourth-order valence-corrected chi connectivity index (χ4v) is 6.05. The minimum absolute atomic E-state index is 0.0675. The number of aromatic nitrogens is 2. The van der Waals surface area contributed by atoms with Gasteiger partial charge in [0, 0.05) is 15.8 Å². The first-order chi connectivity index (χ1) is 11.6. The lowest BCUT2D eigenvalue weighted by Gasteiger charge is -2.33. The van der Waals surface area contributed by atoms with Crippen molar-refractivity contribution >= 4 is 39.2 Å². The molecule has 0 unspecified atom stereocenters. The number of amides is 1. The van der Waals surface area contributed by atoms with E-state index in [1.165, 1.54) is 34.0 Å². The molecule has 0 atom stereocenters. The van der Waals surface area contributed by atoms with Gasteiger partial charge in [0.05, 0.1) is 5.75 Å². The van der Waals surface area contributed by atoms with Gasteiger partial charge in [-0.25, -0.2) is 9.97 Å². The third-order valence-electron chi connectivity index (χ3n) is 4.26. The van der Waals surface area contributed by atoms with E-state index in [1.807, 2.05) is 0 Å². The van der Waals surface area contributed by atoms with Crippen molar-refractivity contribution < 1.29 is 4.79 Å². The maximum absolute atomic E-state index is 12.5. The Balaban J connectivity index is 1.68. The first kappa shape index (κ1) is 18.6. The minimum atomic E-state index is -0.208. The van der Waals surface area contributed by atoms with Crippen molar-refractivity contribution in [3.63, 3.8) is 0 Å². The third-order valence-corrected chi connectivity index (χ3v) is 6.45. The molecule has 1 aliphatic rings. The van der Waals surface area contributed by atoms with E-state index in [1.54, 1.807) is 17.7 Å². The Bertz CT molecular complexity index is 790. The molecular weight excluding hydrogens is 350 g/mol. The number of nitrogens with zero attached hydrogens (tertiary/aromatic N) is 2. The van der Waals surface area contributed by atoms with Gasteiger partial charge in [0.15, 0.2) is 0 Å². The second kappa shape index (κ2) is 6.88. The Morgan fingerprint density at radius 3 is 2.72 bits per heavy atom. The number of rotatable bonds is 5. The monoisotopic (exact) mass is 377 g/mol. The molecule has 0 aliphatic heterocycles. The molecule has 0 bridgehead atoms. The van der Waals surface area contributed by atoms with Crippen LogP contribution in [0.15, 0.2) is 11.4 Å². The highest BCUT2D eigenvalue weighted by Gasteiger charge is 2.27. The molecule has 0 radical (unpaired) electrons. The van der Waals surface area contributed by atoms with Gasteiger partial charge < -0.3 is 5.32 Å². The second-order valence-corrected chi connectivity index (χ2v) is 10.7. The van der Waals surface area contributed by atoms with Crippen LogP contribution in [-0.2, 0) is 17.6 Å². The lowest BCUT2D eigenvalue weighted by atomic mass is 9.82. The van der Waals surface area contributed by atoms with E-state index in [9.17, 15) is 4.79 Å². The number of carbonyl (C=O) groups is 1. The standard InChI is InChI=1S/C19H27N3OS2/c1-18(2,3)10-19(4,5)22-14(23)9-24-16-15-12-7-6-8-13(12)25-17(15)21-11-20-16/h11H,6-10H2,1-5H3,(H,22,23). The van der Waals surface area contributed by atoms with Crippen LogP contribution < -0.4 is 5.32 Å². The average molecular weight is 378 g/mol. The number of thiophene rings is 1. The molecule has 3 rings (SSSR count). The normalized spacial score (nSPS) is 14.8. The van der Waals surface area contributed by atoms with E-state index in [2.05, 4.69) is 49.9 Å². The van der Waals surface area contributed by atoms with Gasteiger partial charge >= 0.3 is 0 Å². The predicted octanol–water partition coefficient (Wildman–Crippen LogP) is 4.60. The Kier molecular flexibility index (Phi) is 5.13. The van der Waals surface area contributed by atoms with Crippen LogP contribution in [0.1, 0.15) is 57.9 Å². The topological polar surface area (TPSA) is 54.9 Å². The van der Waals surface area contributed by atoms with E-state index in [0.717, 1.165) is 29.1 Å². The van der Waals surface area contributed by atoms with Crippen molar-refractivity contribution in [2.75, 3.05) is 5.75 Å². The van der Waals surface area contributed by atoms with Gasteiger partial charge in [-0.15, -0.1) is 11.3 Å². The molecule has 2 heterocycles. The highest BCUT2D eigenvalue weighted by atomic mass is 32.2. The molecule has 2 aromatic rings. The van der Waals surface area contributed by atoms with Crippen LogP contribution in [0.3, 0.4) is 0 Å². The molecule has 0 fully saturated rings. The van der Waals surface area contributed by atoms with Gasteiger partial charge in [-0.2, -0.15) is 0 Å². The maximum Gasteiger partial charge on any atom is 0.230 e. The van der Waals surface area contributed by atoms with E-state index in [4.69, 9.17) is 0 Å². The van der Waals surface area contributed by atoms with Gasteiger partial charge in [-0.3, -0.25) is 4.79 Å². The van der Waals surface area contributed by atoms with Gasteiger partial charge in [0.2, 0.25) is 5.91 Å². The fourth-order valence-electron chi connectivity index (χ4n) is 3.93. The number of nitrogens with one attached hydrogen (secondary N) is 1. The summed E-state index contributed by atoms with van der Waals surface area (Å²) in [6.07, 6.45) is 6.05. The van der Waals surface area contributed by atoms with Crippen LogP contribution in [0, 0.1) is 5.41 Å². The van der Waals surface area contributed by atoms with Gasteiger partial charge in [0.25, 0.3) is 0 Å². The summed E-state index contributed by atoms with van der Waals surface area (Å²) in [6.45, 7) is 10.8. The molecule has 1 amide bonds. The van der Waals surface area contributed by atoms with Crippen LogP contribution in [0.2, 0.25) is 0 Å². The van der Waals surface area contributed by atoms with Crippen LogP contribution in [0.5, 0.6) is 0 Å². The Hall–Kier alpha value is -1.14. The highest BCUT2D eigenvalue weighted by molar-refractivity contribution is 8.00. The van der Waals surface area contributed by atoms with Crippen LogP contribution in [0.4, 0.5) is 0 Å². The van der Waals surface area contributed by atoms with Crippen molar-refractivity contribution in [2.45, 2.75) is 70.9 Å². The summed E-state index contributed by atoms with van der Waals surface area (Å²) in [4.78, 5) is 23.9. The Labute approximate surface area is 158 Å². The summed E-state index contributed by atoms with van der Waals surface area (Å²) in [7, 11) is 0. The van der Waals surface area contributed by atoms with Crippen molar-refractivity contribution in [3.8, 4) is 0 Å². The summed E-state index contributed by atoms with van der Waals surface area (Å²) < 4.78 is 0. The largest absolute Gasteiger partial charge is 0.350 e. The van der Waals surface area contributed by atoms with Crippen molar-refractivity contribution in [3.05, 3.63) is 16.8 Å². The number of hydrogen-bond acceptors (Lipinski definition) is 5. The van der Waals surface area contributed by atoms with Crippen LogP contribution in [0.25, 0.3) is 10.2 Å². The summed E-state index contributed by atoms with van der Waals surface area (Å²) in [5.41, 5.74) is 1.39. The quantitative estimate of drug-likeness (QED) is 0.611. The average Bonchev–Trinajstić information content (AvgIpc) is 3.01. The van der Waals surface area contributed by atoms with E-state index in [0.29, 0.717) is 5.75 Å². The van der Waals surface area contributed by atoms with E-state index >= 15 is 0 Å². The number of aryl methyl sites for hydroxylation is 2. The molecule has 0 saturated carbocycles. The SMILES string of the molecule is CC(C)(C)CC(C)(C)NC(=O)CSc1ncnc2sc3c(c12)CCC3. The van der Waals surface area contributed by atoms with E-state index < -0.39 is 0 Å². The molecule has 2 aromatic heterocycles. The van der Waals surface area contributed by atoms with Gasteiger partial charge in [-0.1, -0.05) is 32.5 Å². The number of thioether (sulfide) groups is 1. The molecule has 6 heteroatoms. The Morgan fingerprint density at radius 1 is 1.24 bits per heavy atom. The molecule has 0 spiro atoms. The second-order valence-electron chi connectivity index (χ2n) is 8.67. The first-order valence-electron chi connectivity index (χ1n) is 8.84. The molecule has 0 saturated heterocycles. The van der Waals surface area contributed by atoms with Crippen molar-refractivity contribution in [1.82, 2.24) is 15.3 Å². The van der Waals surface area contributed by atoms with E-state index in [-0.39, 0.29) is 16.9 Å². The highest BCUT2D eigenvalue weighted by Crippen LogP contribution is 2.40. The van der Waals surface area contributed by atoms with Crippen LogP contribution >= 0.6 is 23.1 Å². The van der Waals surface area contributed by atoms with Crippen molar-refractivity contribution in [2.24, 2.45) is 5.41 Å². The summed E-state index contributed by atoms with van der Waals surface area (Å²) >= 11 is 3.32. The molecule has 0 aromatic carbocycles. The Morgan fingerprint density at radius 2 is 2.00 bits per heavy atom. The molecule has 25 heavy (non-hydrogen) atoms. The smallest absolute Gasteiger partial charge is 0.230 e. The number of fused-ring (bicyclic) bond motifs is 3. The van der Waals surface area contributed by atoms with Crippen LogP contribution in [-0.4, -0.2) is 27.2 Å². The number of hydrogen-bond donors (Lipinski definition) is 1. The zero-order chi connectivity index (χ0) is 18.2. The molecule has 4 nitrogen and oxygen atoms in total. The fraction of sp³-hybridized carbons (Fsp3) is 0.632. The minimum Gasteiger partial charge on any atom is -0.350 e. The summed E-state index contributed by atoms with van der Waals surface area (Å²) in [5.74, 6) is 0.461. The number of carbonyl (C=O) groups excluding carboxylic acids is 1. The summed E-state index contributed by atoms with van der Waals surface area (Å²) in [6, 6.07) is 0. The maximum atomic E-state index is 12.5. The summed E-state index contributed by atoms with van der Waals surface area (Å²) in [5, 5.41) is 5.32. The lowest BCUT2D eigenvalue weighted by Crippen LogP contribution is -2.46. The zero-order valence-electron chi connectivity index (χ0n) is 15.7. The van der Waals surface area contributed by atoms with Gasteiger partial charge in [-0.05, 0) is 50.5 Å². The first-order valence-corrected chi connectivity index (χ1v) is 10.6. The molecule has 1 N–H and O–H groups in total. The third kappa shape index (κ3) is 4.53. The van der Waals surface area contributed by atoms with Crippen molar-refractivity contribution in [1.29, 1.82) is 0 Å². The lowest BCUT2D eigenvalue weighted by molar-refractivity contribution is -0.120. The molecular formula is C19H27N3OS2. The zero-order valence-corrected chi connectivity index (χ0v) is 17.4.